The number of halogens is 5. The van der Waals surface area contributed by atoms with Crippen LogP contribution in [0.4, 0.5) is 23.4 Å². The molecule has 4 rings (SSSR count). The summed E-state index contributed by atoms with van der Waals surface area (Å²) < 4.78 is 63.1. The Morgan fingerprint density at radius 1 is 1.24 bits per heavy atom. The molecule has 37 heavy (non-hydrogen) atoms. The van der Waals surface area contributed by atoms with Gasteiger partial charge >= 0.3 is 12.0 Å². The molecule has 1 atom stereocenters. The summed E-state index contributed by atoms with van der Waals surface area (Å²) in [6, 6.07) is 5.13. The third-order valence-corrected chi connectivity index (χ3v) is 5.66. The summed E-state index contributed by atoms with van der Waals surface area (Å²) in [7, 11) is 0. The van der Waals surface area contributed by atoms with E-state index in [0.717, 1.165) is 16.8 Å². The molecular formula is C22H17BrF4N6O4. The quantitative estimate of drug-likeness (QED) is 0.176. The smallest absolute Gasteiger partial charge is 0.435 e. The normalized spacial score (nSPS) is 12.5. The minimum atomic E-state index is -4.84. The van der Waals surface area contributed by atoms with Crippen LogP contribution in [0.3, 0.4) is 0 Å². The maximum Gasteiger partial charge on any atom is 0.435 e. The molecule has 1 unspecified atom stereocenters. The van der Waals surface area contributed by atoms with E-state index >= 15 is 0 Å². The van der Waals surface area contributed by atoms with Crippen molar-refractivity contribution in [1.29, 1.82) is 0 Å². The Morgan fingerprint density at radius 3 is 2.65 bits per heavy atom. The highest BCUT2D eigenvalue weighted by molar-refractivity contribution is 9.10. The number of ether oxygens (including phenoxy) is 1. The van der Waals surface area contributed by atoms with E-state index in [9.17, 15) is 32.8 Å². The first-order chi connectivity index (χ1) is 17.5. The topological polar surface area (TPSA) is 121 Å². The maximum absolute atomic E-state index is 14.2. The number of aryl methyl sites for hydroxylation is 1. The Bertz CT molecular complexity index is 1460. The number of benzene rings is 1. The van der Waals surface area contributed by atoms with E-state index in [0.29, 0.717) is 17.1 Å². The number of nitro groups is 1. The molecule has 0 amide bonds. The van der Waals surface area contributed by atoms with Crippen molar-refractivity contribution in [3.63, 3.8) is 0 Å². The van der Waals surface area contributed by atoms with Crippen molar-refractivity contribution < 1.29 is 32.3 Å². The maximum atomic E-state index is 14.2. The molecule has 1 N–H and O–H groups in total. The molecule has 1 aromatic carbocycles. The Hall–Kier alpha value is -3.85. The van der Waals surface area contributed by atoms with Gasteiger partial charge in [-0.05, 0) is 57.0 Å². The van der Waals surface area contributed by atoms with Crippen LogP contribution < -0.4 is 4.74 Å². The highest BCUT2D eigenvalue weighted by Crippen LogP contribution is 2.34. The minimum Gasteiger partial charge on any atom is -0.481 e. The standard InChI is InChI=1S/C22H17BrF4N6O4/c1-2-31-10-13(8-29-31)20(34)17-7-19(22(25,26)27)30-32(17)16-4-3-15(24)5-12(16)11-37-18-6-14(23)9-28-21(18)33(35)36/h3-10,20,34H,2,11H2,1H3. The summed E-state index contributed by atoms with van der Waals surface area (Å²) in [5, 5.41) is 29.9. The summed E-state index contributed by atoms with van der Waals surface area (Å²) in [4.78, 5) is 14.2. The molecule has 0 aliphatic carbocycles. The van der Waals surface area contributed by atoms with Gasteiger partial charge in [0.1, 0.15) is 18.5 Å². The average molecular weight is 585 g/mol. The fourth-order valence-electron chi connectivity index (χ4n) is 3.47. The zero-order valence-corrected chi connectivity index (χ0v) is 20.4. The summed E-state index contributed by atoms with van der Waals surface area (Å²) >= 11 is 3.13. The Balaban J connectivity index is 1.79. The molecule has 15 heteroatoms. The van der Waals surface area contributed by atoms with Crippen LogP contribution in [0.2, 0.25) is 0 Å². The van der Waals surface area contributed by atoms with Gasteiger partial charge in [0.25, 0.3) is 0 Å². The van der Waals surface area contributed by atoms with E-state index in [1.54, 1.807) is 6.92 Å². The number of nitrogens with zero attached hydrogens (tertiary/aromatic N) is 6. The van der Waals surface area contributed by atoms with Crippen molar-refractivity contribution in [2.45, 2.75) is 32.4 Å². The van der Waals surface area contributed by atoms with Gasteiger partial charge in [-0.25, -0.2) is 9.07 Å². The first kappa shape index (κ1) is 26.2. The lowest BCUT2D eigenvalue weighted by atomic mass is 10.1. The van der Waals surface area contributed by atoms with Crippen LogP contribution in [0, 0.1) is 15.9 Å². The van der Waals surface area contributed by atoms with Crippen molar-refractivity contribution >= 4 is 21.7 Å². The van der Waals surface area contributed by atoms with Crippen LogP contribution in [-0.4, -0.2) is 34.6 Å². The van der Waals surface area contributed by atoms with Gasteiger partial charge in [-0.1, -0.05) is 0 Å². The predicted molar refractivity (Wildman–Crippen MR) is 123 cm³/mol. The Kier molecular flexibility index (Phi) is 7.27. The number of hydrogen-bond donors (Lipinski definition) is 1. The van der Waals surface area contributed by atoms with E-state index in [1.807, 2.05) is 0 Å². The minimum absolute atomic E-state index is 0.00352. The van der Waals surface area contributed by atoms with Crippen molar-refractivity contribution in [3.8, 4) is 11.4 Å². The van der Waals surface area contributed by atoms with Crippen molar-refractivity contribution in [2.75, 3.05) is 0 Å². The second-order valence-electron chi connectivity index (χ2n) is 7.69. The molecule has 0 bridgehead atoms. The van der Waals surface area contributed by atoms with E-state index in [-0.39, 0.29) is 28.3 Å². The summed E-state index contributed by atoms with van der Waals surface area (Å²) in [5.74, 6) is -1.60. The molecule has 0 fully saturated rings. The number of hydrogen-bond acceptors (Lipinski definition) is 7. The Morgan fingerprint density at radius 2 is 2.00 bits per heavy atom. The first-order valence-corrected chi connectivity index (χ1v) is 11.4. The van der Waals surface area contributed by atoms with Gasteiger partial charge in [-0.2, -0.15) is 23.4 Å². The molecule has 0 radical (unpaired) electrons. The van der Waals surface area contributed by atoms with Gasteiger partial charge in [0.15, 0.2) is 11.9 Å². The molecule has 3 aromatic heterocycles. The van der Waals surface area contributed by atoms with Gasteiger partial charge in [0.05, 0.1) is 22.1 Å². The van der Waals surface area contributed by atoms with Crippen LogP contribution in [-0.2, 0) is 19.3 Å². The molecular weight excluding hydrogens is 568 g/mol. The van der Waals surface area contributed by atoms with Gasteiger partial charge < -0.3 is 20.0 Å². The molecule has 10 nitrogen and oxygen atoms in total. The zero-order valence-electron chi connectivity index (χ0n) is 18.9. The van der Waals surface area contributed by atoms with Gasteiger partial charge in [0, 0.05) is 29.9 Å². The third-order valence-electron chi connectivity index (χ3n) is 5.23. The van der Waals surface area contributed by atoms with Crippen LogP contribution in [0.15, 0.2) is 53.4 Å². The van der Waals surface area contributed by atoms with Crippen molar-refractivity contribution in [3.05, 3.63) is 91.8 Å². The van der Waals surface area contributed by atoms with Crippen LogP contribution in [0.1, 0.15) is 35.5 Å². The van der Waals surface area contributed by atoms with Gasteiger partial charge in [0.2, 0.25) is 5.75 Å². The number of aromatic nitrogens is 5. The zero-order chi connectivity index (χ0) is 26.9. The third kappa shape index (κ3) is 5.61. The van der Waals surface area contributed by atoms with Gasteiger partial charge in [-0.3, -0.25) is 4.68 Å². The highest BCUT2D eigenvalue weighted by Gasteiger charge is 2.36. The lowest BCUT2D eigenvalue weighted by Gasteiger charge is -2.16. The molecule has 0 saturated carbocycles. The van der Waals surface area contributed by atoms with Crippen molar-refractivity contribution in [1.82, 2.24) is 24.5 Å². The van der Waals surface area contributed by atoms with Crippen molar-refractivity contribution in [2.24, 2.45) is 0 Å². The SMILES string of the molecule is CCn1cc(C(O)c2cc(C(F)(F)F)nn2-c2ccc(F)cc2COc2cc(Br)cnc2[N+](=O)[O-])cn1. The lowest BCUT2D eigenvalue weighted by Crippen LogP contribution is -2.13. The lowest BCUT2D eigenvalue weighted by molar-refractivity contribution is -0.390. The average Bonchev–Trinajstić information content (AvgIpc) is 3.50. The number of aliphatic hydroxyl groups is 1. The van der Waals surface area contributed by atoms with E-state index in [2.05, 4.69) is 31.1 Å². The molecule has 0 aliphatic heterocycles. The fourth-order valence-corrected chi connectivity index (χ4v) is 3.79. The molecule has 3 heterocycles. The summed E-state index contributed by atoms with van der Waals surface area (Å²) in [5.41, 5.74) is -1.37. The molecule has 194 valence electrons. The number of rotatable bonds is 8. The van der Waals surface area contributed by atoms with E-state index in [4.69, 9.17) is 4.74 Å². The molecule has 0 saturated heterocycles. The fraction of sp³-hybridized carbons (Fsp3) is 0.227. The molecule has 4 aromatic rings. The molecule has 0 aliphatic rings. The van der Waals surface area contributed by atoms with Gasteiger partial charge in [-0.15, -0.1) is 0 Å². The van der Waals surface area contributed by atoms with E-state index in [1.165, 1.54) is 35.4 Å². The Labute approximate surface area is 214 Å². The first-order valence-electron chi connectivity index (χ1n) is 10.6. The monoisotopic (exact) mass is 584 g/mol. The predicted octanol–water partition coefficient (Wildman–Crippen LogP) is 4.97. The molecule has 0 spiro atoms. The number of alkyl halides is 3. The number of pyridine rings is 1. The van der Waals surface area contributed by atoms with E-state index < -0.39 is 41.1 Å². The second-order valence-corrected chi connectivity index (χ2v) is 8.61. The summed E-state index contributed by atoms with van der Waals surface area (Å²) in [6.07, 6.45) is -2.42. The highest BCUT2D eigenvalue weighted by atomic mass is 79.9. The number of aliphatic hydroxyl groups excluding tert-OH is 1. The second kappa shape index (κ2) is 10.3. The van der Waals surface area contributed by atoms with Crippen LogP contribution in [0.5, 0.6) is 5.75 Å². The van der Waals surface area contributed by atoms with Crippen LogP contribution >= 0.6 is 15.9 Å². The van der Waals surface area contributed by atoms with Crippen LogP contribution in [0.25, 0.3) is 5.69 Å². The summed E-state index contributed by atoms with van der Waals surface area (Å²) in [6.45, 7) is 1.78. The largest absolute Gasteiger partial charge is 0.481 e.